The van der Waals surface area contributed by atoms with Crippen LogP contribution in [0.1, 0.15) is 51.4 Å². The first-order valence-corrected chi connectivity index (χ1v) is 20.1. The number of halogens is 4. The van der Waals surface area contributed by atoms with E-state index in [1.54, 1.807) is 0 Å². The van der Waals surface area contributed by atoms with Gasteiger partial charge in [-0.1, -0.05) is 87.9 Å². The summed E-state index contributed by atoms with van der Waals surface area (Å²) in [7, 11) is -1.43. The zero-order valence-electron chi connectivity index (χ0n) is 20.6. The van der Waals surface area contributed by atoms with Gasteiger partial charge in [0, 0.05) is 74.2 Å². The van der Waals surface area contributed by atoms with Crippen molar-refractivity contribution < 1.29 is 18.9 Å². The van der Waals surface area contributed by atoms with E-state index in [-0.39, 0.29) is 0 Å². The normalized spacial score (nSPS) is 12.0. The minimum Gasteiger partial charge on any atom is -0.381 e. The first-order chi connectivity index (χ1) is 16.2. The Kier molecular flexibility index (Phi) is 30.3. The van der Waals surface area contributed by atoms with Crippen molar-refractivity contribution in [2.24, 2.45) is 0 Å². The molecule has 0 bridgehead atoms. The van der Waals surface area contributed by atoms with Crippen LogP contribution < -0.4 is 0 Å². The molecule has 0 aliphatic rings. The van der Waals surface area contributed by atoms with Gasteiger partial charge in [0.25, 0.3) is 0 Å². The van der Waals surface area contributed by atoms with Crippen LogP contribution in [-0.4, -0.2) is 82.2 Å². The molecule has 0 fully saturated rings. The van der Waals surface area contributed by atoms with Crippen LogP contribution in [0.4, 0.5) is 0 Å². The van der Waals surface area contributed by atoms with Crippen molar-refractivity contribution in [2.45, 2.75) is 75.5 Å². The average Bonchev–Trinajstić information content (AvgIpc) is 2.83. The third-order valence-electron chi connectivity index (χ3n) is 5.67. The zero-order chi connectivity index (χ0) is 24.3. The summed E-state index contributed by atoms with van der Waals surface area (Å²) < 4.78 is 23.5. The second-order valence-electron chi connectivity index (χ2n) is 8.53. The third-order valence-corrected chi connectivity index (χ3v) is 13.6. The maximum atomic E-state index is 5.88. The molecular weight excluding hydrogens is 700 g/mol. The van der Waals surface area contributed by atoms with Crippen LogP contribution in [0.2, 0.25) is 24.2 Å². The van der Waals surface area contributed by atoms with Crippen molar-refractivity contribution in [3.63, 3.8) is 0 Å². The van der Waals surface area contributed by atoms with Crippen molar-refractivity contribution in [3.8, 4) is 0 Å². The molecule has 0 aromatic carbocycles. The molecule has 0 heterocycles. The zero-order valence-corrected chi connectivity index (χ0v) is 28.0. The van der Waals surface area contributed by atoms with Crippen LogP contribution in [0.25, 0.3) is 0 Å². The highest BCUT2D eigenvalue weighted by Crippen LogP contribution is 2.32. The van der Waals surface area contributed by atoms with Crippen LogP contribution in [0.3, 0.4) is 0 Å². The van der Waals surface area contributed by atoms with Crippen molar-refractivity contribution in [1.82, 2.24) is 0 Å². The van der Waals surface area contributed by atoms with E-state index in [1.165, 1.54) is 49.9 Å². The molecule has 0 unspecified atom stereocenters. The minimum atomic E-state index is -1.43. The fourth-order valence-corrected chi connectivity index (χ4v) is 9.97. The Labute approximate surface area is 238 Å². The fourth-order valence-electron chi connectivity index (χ4n) is 3.98. The molecule has 0 saturated heterocycles. The van der Waals surface area contributed by atoms with Gasteiger partial charge in [0.05, 0.1) is 8.07 Å². The summed E-state index contributed by atoms with van der Waals surface area (Å²) in [4.78, 5) is 0. The van der Waals surface area contributed by atoms with E-state index in [2.05, 4.69) is 63.7 Å². The van der Waals surface area contributed by atoms with Gasteiger partial charge in [-0.2, -0.15) is 0 Å². The molecule has 33 heavy (non-hydrogen) atoms. The number of alkyl halides is 4. The van der Waals surface area contributed by atoms with Gasteiger partial charge in [-0.3, -0.25) is 0 Å². The second-order valence-corrected chi connectivity index (χ2v) is 16.7. The van der Waals surface area contributed by atoms with Crippen LogP contribution in [-0.2, 0) is 18.9 Å². The molecule has 9 heteroatoms. The number of hydrogen-bond acceptors (Lipinski definition) is 4. The lowest BCUT2D eigenvalue weighted by molar-refractivity contribution is 0.132. The molecule has 0 aromatic rings. The van der Waals surface area contributed by atoms with Crippen LogP contribution in [0, 0.1) is 0 Å². The highest BCUT2D eigenvalue weighted by atomic mass is 79.9. The molecule has 0 spiro atoms. The highest BCUT2D eigenvalue weighted by molar-refractivity contribution is 9.09. The van der Waals surface area contributed by atoms with Gasteiger partial charge in [-0.15, -0.1) is 0 Å². The van der Waals surface area contributed by atoms with Gasteiger partial charge in [-0.25, -0.2) is 0 Å². The molecule has 4 nitrogen and oxygen atoms in total. The van der Waals surface area contributed by atoms with Crippen LogP contribution in [0.15, 0.2) is 0 Å². The van der Waals surface area contributed by atoms with E-state index in [0.29, 0.717) is 0 Å². The second kappa shape index (κ2) is 28.5. The van der Waals surface area contributed by atoms with E-state index in [4.69, 9.17) is 18.9 Å². The first-order valence-electron chi connectivity index (χ1n) is 12.8. The summed E-state index contributed by atoms with van der Waals surface area (Å²) in [6.45, 7) is 7.04. The van der Waals surface area contributed by atoms with E-state index >= 15 is 0 Å². The first kappa shape index (κ1) is 35.0. The van der Waals surface area contributed by atoms with Gasteiger partial charge in [0.15, 0.2) is 0 Å². The molecule has 0 radical (unpaired) electrons. The maximum Gasteiger partial charge on any atom is 0.0539 e. The Balaban J connectivity index is 4.74. The lowest BCUT2D eigenvalue weighted by Gasteiger charge is -2.33. The monoisotopic (exact) mass is 744 g/mol. The van der Waals surface area contributed by atoms with E-state index < -0.39 is 8.07 Å². The molecule has 0 aliphatic heterocycles. The van der Waals surface area contributed by atoms with Gasteiger partial charge in [0.1, 0.15) is 0 Å². The Morgan fingerprint density at radius 2 is 0.545 bits per heavy atom. The Morgan fingerprint density at radius 1 is 0.333 bits per heavy atom. The van der Waals surface area contributed by atoms with Gasteiger partial charge < -0.3 is 18.9 Å². The van der Waals surface area contributed by atoms with Gasteiger partial charge in [0.2, 0.25) is 0 Å². The lowest BCUT2D eigenvalue weighted by atomic mass is 10.5. The molecule has 0 atom stereocenters. The Morgan fingerprint density at radius 3 is 0.758 bits per heavy atom. The van der Waals surface area contributed by atoms with Crippen molar-refractivity contribution in [2.75, 3.05) is 74.2 Å². The molecule has 0 amide bonds. The summed E-state index contributed by atoms with van der Waals surface area (Å²) >= 11 is 13.9. The highest BCUT2D eigenvalue weighted by Gasteiger charge is 2.31. The molecule has 200 valence electrons. The van der Waals surface area contributed by atoms with Gasteiger partial charge >= 0.3 is 0 Å². The van der Waals surface area contributed by atoms with E-state index in [1.807, 2.05) is 0 Å². The summed E-state index contributed by atoms with van der Waals surface area (Å²) in [5.74, 6) is 0. The topological polar surface area (TPSA) is 36.9 Å². The number of rotatable bonds is 28. The third kappa shape index (κ3) is 24.1. The summed E-state index contributed by atoms with van der Waals surface area (Å²) in [6, 6.07) is 5.41. The fraction of sp³-hybridized carbons (Fsp3) is 1.00. The van der Waals surface area contributed by atoms with Crippen molar-refractivity contribution >= 4 is 71.8 Å². The Hall–Kier alpha value is 1.98. The SMILES string of the molecule is BrCCCOCCC[Si](CCCOCCCBr)(CCCOCCCBr)CCCOCCCBr. The standard InChI is InChI=1S/C24H48Br4O4Si/c25-9-1-13-29-17-5-21-33(22-6-18-30-14-2-10-26,23-7-19-31-15-3-11-27)24-8-20-32-16-4-12-28/h1-24H2. The molecule has 0 saturated carbocycles. The lowest BCUT2D eigenvalue weighted by Crippen LogP contribution is -2.35. The predicted octanol–water partition coefficient (Wildman–Crippen LogP) is 8.20. The van der Waals surface area contributed by atoms with Gasteiger partial charge in [-0.05, 0) is 51.4 Å². The summed E-state index contributed by atoms with van der Waals surface area (Å²) in [5, 5.41) is 4.08. The van der Waals surface area contributed by atoms with Crippen LogP contribution >= 0.6 is 63.7 Å². The van der Waals surface area contributed by atoms with Crippen molar-refractivity contribution in [1.29, 1.82) is 0 Å². The summed E-state index contributed by atoms with van der Waals surface area (Å²) in [6.07, 6.45) is 9.11. The minimum absolute atomic E-state index is 0.865. The molecular formula is C24H48Br4O4Si. The van der Waals surface area contributed by atoms with Crippen LogP contribution in [0.5, 0.6) is 0 Å². The van der Waals surface area contributed by atoms with E-state index in [9.17, 15) is 0 Å². The largest absolute Gasteiger partial charge is 0.381 e. The average molecular weight is 748 g/mol. The quantitative estimate of drug-likeness (QED) is 0.0460. The molecule has 0 aliphatic carbocycles. The predicted molar refractivity (Wildman–Crippen MR) is 160 cm³/mol. The number of ether oxygens (including phenoxy) is 4. The molecule has 0 rings (SSSR count). The molecule has 0 N–H and O–H groups in total. The maximum absolute atomic E-state index is 5.88. The molecule has 0 aromatic heterocycles. The Bertz CT molecular complexity index is 315. The smallest absolute Gasteiger partial charge is 0.0539 e. The van der Waals surface area contributed by atoms with E-state index in [0.717, 1.165) is 99.9 Å². The van der Waals surface area contributed by atoms with Crippen molar-refractivity contribution in [3.05, 3.63) is 0 Å². The summed E-state index contributed by atoms with van der Waals surface area (Å²) in [5.41, 5.74) is 0. The number of hydrogen-bond donors (Lipinski definition) is 0.